The van der Waals surface area contributed by atoms with Crippen molar-refractivity contribution in [3.8, 4) is 5.75 Å². The van der Waals surface area contributed by atoms with E-state index in [0.717, 1.165) is 10.9 Å². The molecular weight excluding hydrogens is 270 g/mol. The third-order valence-electron chi connectivity index (χ3n) is 3.40. The molecule has 5 heteroatoms. The van der Waals surface area contributed by atoms with Crippen molar-refractivity contribution < 1.29 is 19.0 Å². The molecule has 2 aromatic rings. The number of H-pyrrole nitrogens is 1. The third kappa shape index (κ3) is 2.80. The number of nitrogens with one attached hydrogen (secondary N) is 1. The van der Waals surface area contributed by atoms with Crippen molar-refractivity contribution in [3.05, 3.63) is 30.0 Å². The number of rotatable bonds is 4. The minimum atomic E-state index is -0.537. The van der Waals surface area contributed by atoms with Crippen molar-refractivity contribution >= 4 is 16.7 Å². The fourth-order valence-electron chi connectivity index (χ4n) is 2.51. The van der Waals surface area contributed by atoms with Gasteiger partial charge in [0.15, 0.2) is 5.78 Å². The molecule has 0 bridgehead atoms. The molecule has 1 aromatic carbocycles. The highest BCUT2D eigenvalue weighted by atomic mass is 16.6. The Balaban J connectivity index is 1.99. The number of carbonyl (C=O) groups is 1. The van der Waals surface area contributed by atoms with Gasteiger partial charge in [-0.25, -0.2) is 0 Å². The first-order valence-electron chi connectivity index (χ1n) is 7.17. The number of ether oxygens (including phenoxy) is 3. The predicted octanol–water partition coefficient (Wildman–Crippen LogP) is 2.55. The van der Waals surface area contributed by atoms with Crippen molar-refractivity contribution in [2.24, 2.45) is 0 Å². The van der Waals surface area contributed by atoms with Gasteiger partial charge in [-0.1, -0.05) is 6.07 Å². The topological polar surface area (TPSA) is 60.6 Å². The van der Waals surface area contributed by atoms with Crippen LogP contribution in [0.2, 0.25) is 0 Å². The van der Waals surface area contributed by atoms with E-state index in [2.05, 4.69) is 4.98 Å². The van der Waals surface area contributed by atoms with Gasteiger partial charge in [-0.15, -0.1) is 0 Å². The molecular formula is C16H19NO4. The van der Waals surface area contributed by atoms with Crippen LogP contribution in [0, 0.1) is 0 Å². The normalized spacial score (nSPS) is 19.1. The SMILES string of the molecule is CC(C)Oc1cccc2[nH]cc(C(=O)C3COCCO3)c12. The summed E-state index contributed by atoms with van der Waals surface area (Å²) in [4.78, 5) is 15.8. The largest absolute Gasteiger partial charge is 0.490 e. The number of aromatic amines is 1. The second kappa shape index (κ2) is 5.87. The van der Waals surface area contributed by atoms with E-state index >= 15 is 0 Å². The molecule has 3 rings (SSSR count). The number of fused-ring (bicyclic) bond motifs is 1. The van der Waals surface area contributed by atoms with Crippen LogP contribution in [-0.4, -0.2) is 42.8 Å². The molecule has 0 spiro atoms. The Morgan fingerprint density at radius 1 is 1.38 bits per heavy atom. The lowest BCUT2D eigenvalue weighted by Gasteiger charge is -2.21. The number of aromatic nitrogens is 1. The highest BCUT2D eigenvalue weighted by molar-refractivity contribution is 6.11. The van der Waals surface area contributed by atoms with Gasteiger partial charge < -0.3 is 19.2 Å². The summed E-state index contributed by atoms with van der Waals surface area (Å²) < 4.78 is 16.6. The number of Topliss-reactive ketones (excluding diaryl/α,β-unsaturated/α-hetero) is 1. The standard InChI is InChI=1S/C16H19NO4/c1-10(2)21-13-5-3-4-12-15(13)11(8-17-12)16(18)14-9-19-6-7-20-14/h3-5,8,10,14,17H,6-7,9H2,1-2H3. The summed E-state index contributed by atoms with van der Waals surface area (Å²) in [5, 5.41) is 0.811. The molecule has 112 valence electrons. The molecule has 1 aliphatic rings. The average Bonchev–Trinajstić information content (AvgIpc) is 2.92. The van der Waals surface area contributed by atoms with E-state index in [1.165, 1.54) is 0 Å². The minimum Gasteiger partial charge on any atom is -0.490 e. The highest BCUT2D eigenvalue weighted by Gasteiger charge is 2.27. The van der Waals surface area contributed by atoms with Crippen LogP contribution in [0.15, 0.2) is 24.4 Å². The third-order valence-corrected chi connectivity index (χ3v) is 3.40. The molecule has 1 N–H and O–H groups in total. The predicted molar refractivity (Wildman–Crippen MR) is 79.0 cm³/mol. The summed E-state index contributed by atoms with van der Waals surface area (Å²) in [5.41, 5.74) is 1.48. The number of carbonyl (C=O) groups excluding carboxylic acids is 1. The van der Waals surface area contributed by atoms with Crippen LogP contribution in [0.3, 0.4) is 0 Å². The zero-order valence-electron chi connectivity index (χ0n) is 12.2. The van der Waals surface area contributed by atoms with Gasteiger partial charge in [-0.05, 0) is 26.0 Å². The molecule has 0 aliphatic carbocycles. The molecule has 2 heterocycles. The van der Waals surface area contributed by atoms with Crippen molar-refractivity contribution in [2.45, 2.75) is 26.1 Å². The van der Waals surface area contributed by atoms with E-state index in [4.69, 9.17) is 14.2 Å². The zero-order chi connectivity index (χ0) is 14.8. The van der Waals surface area contributed by atoms with Crippen LogP contribution in [0.4, 0.5) is 0 Å². The molecule has 1 unspecified atom stereocenters. The minimum absolute atomic E-state index is 0.0442. The molecule has 0 amide bonds. The summed E-state index contributed by atoms with van der Waals surface area (Å²) in [7, 11) is 0. The molecule has 0 radical (unpaired) electrons. The van der Waals surface area contributed by atoms with E-state index in [9.17, 15) is 4.79 Å². The van der Waals surface area contributed by atoms with E-state index < -0.39 is 6.10 Å². The van der Waals surface area contributed by atoms with Crippen molar-refractivity contribution in [1.29, 1.82) is 0 Å². The number of hydrogen-bond donors (Lipinski definition) is 1. The monoisotopic (exact) mass is 289 g/mol. The Kier molecular flexibility index (Phi) is 3.94. The van der Waals surface area contributed by atoms with Crippen molar-refractivity contribution in [2.75, 3.05) is 19.8 Å². The quantitative estimate of drug-likeness (QED) is 0.879. The Labute approximate surface area is 123 Å². The number of hydrogen-bond acceptors (Lipinski definition) is 4. The van der Waals surface area contributed by atoms with Gasteiger partial charge in [0.25, 0.3) is 0 Å². The van der Waals surface area contributed by atoms with Gasteiger partial charge in [0.1, 0.15) is 11.9 Å². The van der Waals surface area contributed by atoms with Crippen molar-refractivity contribution in [1.82, 2.24) is 4.98 Å². The van der Waals surface area contributed by atoms with Gasteiger partial charge in [0, 0.05) is 17.3 Å². The summed E-state index contributed by atoms with van der Waals surface area (Å²) in [5.74, 6) is 0.643. The Hall–Kier alpha value is -1.85. The van der Waals surface area contributed by atoms with Gasteiger partial charge in [-0.2, -0.15) is 0 Å². The lowest BCUT2D eigenvalue weighted by Crippen LogP contribution is -2.35. The Bertz CT molecular complexity index is 641. The van der Waals surface area contributed by atoms with Gasteiger partial charge >= 0.3 is 0 Å². The lowest BCUT2D eigenvalue weighted by atomic mass is 10.0. The van der Waals surface area contributed by atoms with E-state index in [0.29, 0.717) is 31.1 Å². The van der Waals surface area contributed by atoms with Crippen LogP contribution in [-0.2, 0) is 9.47 Å². The molecule has 5 nitrogen and oxygen atoms in total. The lowest BCUT2D eigenvalue weighted by molar-refractivity contribution is -0.0718. The second-order valence-electron chi connectivity index (χ2n) is 5.35. The Morgan fingerprint density at radius 2 is 2.24 bits per heavy atom. The van der Waals surface area contributed by atoms with Crippen LogP contribution in [0.25, 0.3) is 10.9 Å². The van der Waals surface area contributed by atoms with E-state index in [1.54, 1.807) is 6.20 Å². The summed E-state index contributed by atoms with van der Waals surface area (Å²) in [6, 6.07) is 5.72. The number of ketones is 1. The first-order valence-corrected chi connectivity index (χ1v) is 7.17. The van der Waals surface area contributed by atoms with Crippen LogP contribution in [0.1, 0.15) is 24.2 Å². The fourth-order valence-corrected chi connectivity index (χ4v) is 2.51. The molecule has 21 heavy (non-hydrogen) atoms. The molecule has 1 saturated heterocycles. The second-order valence-corrected chi connectivity index (χ2v) is 5.35. The Morgan fingerprint density at radius 3 is 2.95 bits per heavy atom. The highest BCUT2D eigenvalue weighted by Crippen LogP contribution is 2.30. The molecule has 1 atom stereocenters. The first-order chi connectivity index (χ1) is 10.2. The number of benzene rings is 1. The first kappa shape index (κ1) is 14.1. The molecule has 1 fully saturated rings. The van der Waals surface area contributed by atoms with Crippen LogP contribution in [0.5, 0.6) is 5.75 Å². The van der Waals surface area contributed by atoms with Gasteiger partial charge in [0.05, 0.1) is 31.3 Å². The maximum absolute atomic E-state index is 12.6. The van der Waals surface area contributed by atoms with Crippen LogP contribution < -0.4 is 4.74 Å². The van der Waals surface area contributed by atoms with E-state index in [1.807, 2.05) is 32.0 Å². The smallest absolute Gasteiger partial charge is 0.196 e. The average molecular weight is 289 g/mol. The molecule has 0 saturated carbocycles. The zero-order valence-corrected chi connectivity index (χ0v) is 12.2. The van der Waals surface area contributed by atoms with E-state index in [-0.39, 0.29) is 11.9 Å². The molecule has 1 aromatic heterocycles. The van der Waals surface area contributed by atoms with Crippen LogP contribution >= 0.6 is 0 Å². The molecule has 1 aliphatic heterocycles. The van der Waals surface area contributed by atoms with Crippen molar-refractivity contribution in [3.63, 3.8) is 0 Å². The summed E-state index contributed by atoms with van der Waals surface area (Å²) in [6.45, 7) is 5.22. The van der Waals surface area contributed by atoms with Gasteiger partial charge in [-0.3, -0.25) is 4.79 Å². The summed E-state index contributed by atoms with van der Waals surface area (Å²) in [6.07, 6.45) is 1.23. The maximum Gasteiger partial charge on any atom is 0.196 e. The fraction of sp³-hybridized carbons (Fsp3) is 0.438. The maximum atomic E-state index is 12.6. The van der Waals surface area contributed by atoms with Gasteiger partial charge in [0.2, 0.25) is 0 Å². The summed E-state index contributed by atoms with van der Waals surface area (Å²) >= 11 is 0.